The standard InChI is InChI=1S/C17H23N5O5S/c1-26-14-8-12-13(9-15(14)27-2)18-11-19-17(12)22-5-3-4-21(6-7-22)16(23)10-20-28(24)25/h8-9,11,20H,3-7,10H2,1-2H3,(H,24,25). The fourth-order valence-corrected chi connectivity index (χ4v) is 3.48. The van der Waals surface area contributed by atoms with E-state index in [0.717, 1.165) is 29.7 Å². The number of hydrogen-bond acceptors (Lipinski definition) is 7. The van der Waals surface area contributed by atoms with E-state index in [1.165, 1.54) is 6.33 Å². The van der Waals surface area contributed by atoms with Crippen LogP contribution in [0.2, 0.25) is 0 Å². The van der Waals surface area contributed by atoms with Crippen LogP contribution in [0, 0.1) is 0 Å². The van der Waals surface area contributed by atoms with Gasteiger partial charge in [0, 0.05) is 37.6 Å². The number of ether oxygens (including phenoxy) is 2. The predicted molar refractivity (Wildman–Crippen MR) is 105 cm³/mol. The van der Waals surface area contributed by atoms with E-state index in [-0.39, 0.29) is 12.5 Å². The van der Waals surface area contributed by atoms with Gasteiger partial charge in [0.15, 0.2) is 11.5 Å². The number of benzene rings is 1. The number of carbonyl (C=O) groups is 1. The van der Waals surface area contributed by atoms with Gasteiger partial charge in [-0.25, -0.2) is 18.9 Å². The van der Waals surface area contributed by atoms with Gasteiger partial charge in [-0.05, 0) is 12.5 Å². The first-order chi connectivity index (χ1) is 13.5. The van der Waals surface area contributed by atoms with Crippen molar-refractivity contribution < 1.29 is 23.0 Å². The lowest BCUT2D eigenvalue weighted by atomic mass is 10.2. The lowest BCUT2D eigenvalue weighted by molar-refractivity contribution is -0.129. The Bertz CT molecular complexity index is 880. The van der Waals surface area contributed by atoms with Crippen LogP contribution in [0.3, 0.4) is 0 Å². The van der Waals surface area contributed by atoms with Crippen molar-refractivity contribution >= 4 is 33.9 Å². The Balaban J connectivity index is 1.81. The van der Waals surface area contributed by atoms with Crippen LogP contribution in [0.5, 0.6) is 11.5 Å². The number of aromatic nitrogens is 2. The summed E-state index contributed by atoms with van der Waals surface area (Å²) in [7, 11) is 3.16. The number of nitrogens with one attached hydrogen (secondary N) is 1. The highest BCUT2D eigenvalue weighted by Crippen LogP contribution is 2.34. The molecule has 2 aromatic rings. The second kappa shape index (κ2) is 9.13. The fraction of sp³-hybridized carbons (Fsp3) is 0.471. The molecule has 1 fully saturated rings. The first-order valence-electron chi connectivity index (χ1n) is 8.77. The minimum atomic E-state index is -2.20. The topological polar surface area (TPSA) is 117 Å². The summed E-state index contributed by atoms with van der Waals surface area (Å²) >= 11 is -2.20. The lowest BCUT2D eigenvalue weighted by Gasteiger charge is -2.24. The van der Waals surface area contributed by atoms with Crippen LogP contribution in [-0.4, -0.2) is 76.5 Å². The van der Waals surface area contributed by atoms with Gasteiger partial charge in [-0.2, -0.15) is 0 Å². The third kappa shape index (κ3) is 4.49. The summed E-state index contributed by atoms with van der Waals surface area (Å²) in [5, 5.41) is 0.845. The van der Waals surface area contributed by atoms with E-state index in [0.29, 0.717) is 31.1 Å². The molecular weight excluding hydrogens is 386 g/mol. The molecule has 1 aromatic heterocycles. The molecule has 1 unspecified atom stereocenters. The minimum absolute atomic E-state index is 0.170. The Morgan fingerprint density at radius 1 is 1.18 bits per heavy atom. The van der Waals surface area contributed by atoms with Crippen molar-refractivity contribution in [2.45, 2.75) is 6.42 Å². The van der Waals surface area contributed by atoms with Gasteiger partial charge in [0.1, 0.15) is 12.1 Å². The summed E-state index contributed by atoms with van der Waals surface area (Å²) in [6.45, 7) is 2.22. The minimum Gasteiger partial charge on any atom is -0.493 e. The largest absolute Gasteiger partial charge is 0.493 e. The first kappa shape index (κ1) is 20.2. The van der Waals surface area contributed by atoms with Crippen LogP contribution in [-0.2, 0) is 16.1 Å². The summed E-state index contributed by atoms with van der Waals surface area (Å²) in [6, 6.07) is 3.67. The molecule has 0 spiro atoms. The normalized spacial score (nSPS) is 16.0. The molecule has 11 heteroatoms. The average molecular weight is 409 g/mol. The molecule has 1 saturated heterocycles. The van der Waals surface area contributed by atoms with Crippen LogP contribution in [0.15, 0.2) is 18.5 Å². The monoisotopic (exact) mass is 409 g/mol. The van der Waals surface area contributed by atoms with Gasteiger partial charge in [-0.15, -0.1) is 0 Å². The van der Waals surface area contributed by atoms with E-state index >= 15 is 0 Å². The van der Waals surface area contributed by atoms with Gasteiger partial charge >= 0.3 is 0 Å². The Kier molecular flexibility index (Phi) is 6.60. The van der Waals surface area contributed by atoms with Gasteiger partial charge in [-0.3, -0.25) is 9.35 Å². The van der Waals surface area contributed by atoms with E-state index in [1.54, 1.807) is 19.1 Å². The van der Waals surface area contributed by atoms with Crippen molar-refractivity contribution in [2.75, 3.05) is 51.8 Å². The summed E-state index contributed by atoms with van der Waals surface area (Å²) in [4.78, 5) is 24.8. The molecule has 1 amide bonds. The summed E-state index contributed by atoms with van der Waals surface area (Å²) in [5.41, 5.74) is 0.745. The van der Waals surface area contributed by atoms with E-state index in [2.05, 4.69) is 19.6 Å². The molecule has 0 bridgehead atoms. The Hall–Kier alpha value is -2.50. The fourth-order valence-electron chi connectivity index (χ4n) is 3.24. The molecule has 0 radical (unpaired) electrons. The van der Waals surface area contributed by atoms with Crippen LogP contribution in [0.1, 0.15) is 6.42 Å². The molecule has 2 heterocycles. The van der Waals surface area contributed by atoms with Crippen molar-refractivity contribution in [3.05, 3.63) is 18.5 Å². The Morgan fingerprint density at radius 3 is 2.64 bits per heavy atom. The van der Waals surface area contributed by atoms with Gasteiger partial charge in [0.25, 0.3) is 0 Å². The van der Waals surface area contributed by atoms with E-state index in [4.69, 9.17) is 14.0 Å². The van der Waals surface area contributed by atoms with Crippen molar-refractivity contribution in [3.63, 3.8) is 0 Å². The summed E-state index contributed by atoms with van der Waals surface area (Å²) in [5.74, 6) is 1.76. The zero-order chi connectivity index (χ0) is 20.1. The van der Waals surface area contributed by atoms with Crippen molar-refractivity contribution in [2.24, 2.45) is 0 Å². The van der Waals surface area contributed by atoms with Crippen molar-refractivity contribution in [1.29, 1.82) is 0 Å². The number of methoxy groups -OCH3 is 2. The average Bonchev–Trinajstić information content (AvgIpc) is 2.96. The number of hydrogen-bond donors (Lipinski definition) is 2. The van der Waals surface area contributed by atoms with Crippen molar-refractivity contribution in [3.8, 4) is 11.5 Å². The van der Waals surface area contributed by atoms with Crippen LogP contribution in [0.4, 0.5) is 5.82 Å². The van der Waals surface area contributed by atoms with E-state index in [9.17, 15) is 9.00 Å². The molecule has 2 N–H and O–H groups in total. The number of anilines is 1. The predicted octanol–water partition coefficient (Wildman–Crippen LogP) is 0.412. The molecule has 1 aliphatic heterocycles. The summed E-state index contributed by atoms with van der Waals surface area (Å²) < 4.78 is 32.5. The maximum absolute atomic E-state index is 12.2. The van der Waals surface area contributed by atoms with Gasteiger partial charge in [-0.1, -0.05) is 0 Å². The van der Waals surface area contributed by atoms with Gasteiger partial charge in [0.05, 0.1) is 26.3 Å². The van der Waals surface area contributed by atoms with E-state index in [1.807, 2.05) is 12.1 Å². The molecule has 1 aliphatic rings. The molecule has 1 aromatic carbocycles. The number of fused-ring (bicyclic) bond motifs is 1. The highest BCUT2D eigenvalue weighted by molar-refractivity contribution is 7.77. The SMILES string of the molecule is COc1cc2ncnc(N3CCCN(C(=O)CNS(=O)O)CC3)c2cc1OC. The maximum Gasteiger partial charge on any atom is 0.237 e. The zero-order valence-corrected chi connectivity index (χ0v) is 16.6. The van der Waals surface area contributed by atoms with Crippen LogP contribution < -0.4 is 19.1 Å². The third-order valence-electron chi connectivity index (χ3n) is 4.61. The highest BCUT2D eigenvalue weighted by Gasteiger charge is 2.22. The molecule has 152 valence electrons. The van der Waals surface area contributed by atoms with Crippen LogP contribution >= 0.6 is 0 Å². The molecule has 10 nitrogen and oxygen atoms in total. The van der Waals surface area contributed by atoms with Crippen LogP contribution in [0.25, 0.3) is 10.9 Å². The first-order valence-corrected chi connectivity index (χ1v) is 9.88. The maximum atomic E-state index is 12.2. The highest BCUT2D eigenvalue weighted by atomic mass is 32.2. The molecular formula is C17H23N5O5S. The van der Waals surface area contributed by atoms with Gasteiger partial charge in [0.2, 0.25) is 17.2 Å². The third-order valence-corrected chi connectivity index (χ3v) is 5.01. The number of carbonyl (C=O) groups excluding carboxylic acids is 1. The number of amides is 1. The Morgan fingerprint density at radius 2 is 1.93 bits per heavy atom. The lowest BCUT2D eigenvalue weighted by Crippen LogP contribution is -2.40. The second-order valence-electron chi connectivity index (χ2n) is 6.21. The summed E-state index contributed by atoms with van der Waals surface area (Å²) in [6.07, 6.45) is 2.27. The molecule has 28 heavy (non-hydrogen) atoms. The smallest absolute Gasteiger partial charge is 0.237 e. The zero-order valence-electron chi connectivity index (χ0n) is 15.8. The number of rotatable bonds is 6. The van der Waals surface area contributed by atoms with Gasteiger partial charge < -0.3 is 19.3 Å². The van der Waals surface area contributed by atoms with Crippen molar-refractivity contribution in [1.82, 2.24) is 19.6 Å². The number of nitrogens with zero attached hydrogens (tertiary/aromatic N) is 4. The molecule has 0 saturated carbocycles. The second-order valence-corrected chi connectivity index (χ2v) is 7.00. The molecule has 3 rings (SSSR count). The Labute approximate surface area is 165 Å². The quantitative estimate of drug-likeness (QED) is 0.659. The molecule has 1 atom stereocenters. The molecule has 0 aliphatic carbocycles. The van der Waals surface area contributed by atoms with E-state index < -0.39 is 11.3 Å².